The summed E-state index contributed by atoms with van der Waals surface area (Å²) in [6.07, 6.45) is 0. The second-order valence-electron chi connectivity index (χ2n) is 5.01. The Hall–Kier alpha value is -2.35. The van der Waals surface area contributed by atoms with Gasteiger partial charge < -0.3 is 9.88 Å². The van der Waals surface area contributed by atoms with Crippen molar-refractivity contribution < 1.29 is 9.59 Å². The molecule has 0 spiro atoms. The molecule has 7 nitrogen and oxygen atoms in total. The van der Waals surface area contributed by atoms with Crippen molar-refractivity contribution in [1.29, 1.82) is 0 Å². The summed E-state index contributed by atoms with van der Waals surface area (Å²) in [4.78, 5) is 23.1. The molecule has 0 fully saturated rings. The molecule has 0 unspecified atom stereocenters. The number of hydrogen-bond donors (Lipinski definition) is 2. The van der Waals surface area contributed by atoms with Gasteiger partial charge in [-0.05, 0) is 19.4 Å². The second-order valence-corrected chi connectivity index (χ2v) is 6.32. The molecule has 1 atom stereocenters. The molecule has 1 aromatic heterocycles. The van der Waals surface area contributed by atoms with E-state index in [9.17, 15) is 9.59 Å². The number of aryl methyl sites for hydroxylation is 1. The van der Waals surface area contributed by atoms with Crippen LogP contribution < -0.4 is 10.6 Å². The highest BCUT2D eigenvalue weighted by atomic mass is 32.2. The molecule has 8 heteroatoms. The van der Waals surface area contributed by atoms with Gasteiger partial charge in [0, 0.05) is 19.7 Å². The number of imide groups is 1. The van der Waals surface area contributed by atoms with Crippen LogP contribution in [0.3, 0.4) is 0 Å². The maximum absolute atomic E-state index is 11.9. The lowest BCUT2D eigenvalue weighted by Gasteiger charge is -2.11. The Morgan fingerprint density at radius 3 is 2.61 bits per heavy atom. The zero-order valence-electron chi connectivity index (χ0n) is 13.5. The predicted molar refractivity (Wildman–Crippen MR) is 89.1 cm³/mol. The summed E-state index contributed by atoms with van der Waals surface area (Å²) in [6, 6.07) is 7.38. The monoisotopic (exact) mass is 333 g/mol. The Balaban J connectivity index is 2.15. The largest absolute Gasteiger partial charge is 0.341 e. The molecule has 0 saturated heterocycles. The van der Waals surface area contributed by atoms with Crippen molar-refractivity contribution in [2.24, 2.45) is 7.05 Å². The molecule has 1 aromatic carbocycles. The maximum atomic E-state index is 11.9. The first-order valence-corrected chi connectivity index (χ1v) is 7.96. The molecule has 0 aliphatic carbocycles. The van der Waals surface area contributed by atoms with Crippen LogP contribution in [0, 0.1) is 6.92 Å². The Morgan fingerprint density at radius 2 is 1.96 bits per heavy atom. The molecule has 122 valence electrons. The van der Waals surface area contributed by atoms with Gasteiger partial charge in [-0.15, -0.1) is 10.2 Å². The molecule has 3 amide bonds. The van der Waals surface area contributed by atoms with E-state index in [2.05, 4.69) is 20.8 Å². The average Bonchev–Trinajstić information content (AvgIpc) is 2.88. The van der Waals surface area contributed by atoms with Crippen LogP contribution >= 0.6 is 11.8 Å². The smallest absolute Gasteiger partial charge is 0.321 e. The van der Waals surface area contributed by atoms with E-state index in [-0.39, 0.29) is 5.91 Å². The predicted octanol–water partition coefficient (Wildman–Crippen LogP) is 1.73. The third-order valence-electron chi connectivity index (χ3n) is 3.34. The lowest BCUT2D eigenvalue weighted by molar-refractivity contribution is -0.119. The summed E-state index contributed by atoms with van der Waals surface area (Å²) < 4.78 is 1.84. The van der Waals surface area contributed by atoms with Crippen molar-refractivity contribution in [1.82, 2.24) is 25.4 Å². The maximum Gasteiger partial charge on any atom is 0.321 e. The molecule has 0 aliphatic rings. The van der Waals surface area contributed by atoms with Gasteiger partial charge in [-0.1, -0.05) is 36.0 Å². The number of aromatic nitrogens is 3. The Kier molecular flexibility index (Phi) is 5.38. The van der Waals surface area contributed by atoms with Crippen LogP contribution in [-0.4, -0.2) is 39.0 Å². The Bertz CT molecular complexity index is 728. The molecule has 1 heterocycles. The van der Waals surface area contributed by atoms with Crippen molar-refractivity contribution in [3.63, 3.8) is 0 Å². The van der Waals surface area contributed by atoms with Gasteiger partial charge in [-0.25, -0.2) is 4.79 Å². The first-order valence-electron chi connectivity index (χ1n) is 7.08. The Morgan fingerprint density at radius 1 is 1.26 bits per heavy atom. The van der Waals surface area contributed by atoms with Crippen LogP contribution in [0.25, 0.3) is 11.4 Å². The van der Waals surface area contributed by atoms with E-state index in [1.54, 1.807) is 6.92 Å². The summed E-state index contributed by atoms with van der Waals surface area (Å²) >= 11 is 1.25. The molecular formula is C15H19N5O2S. The van der Waals surface area contributed by atoms with E-state index >= 15 is 0 Å². The lowest BCUT2D eigenvalue weighted by Crippen LogP contribution is -2.41. The lowest BCUT2D eigenvalue weighted by atomic mass is 10.1. The second kappa shape index (κ2) is 7.28. The van der Waals surface area contributed by atoms with Crippen LogP contribution in [0.1, 0.15) is 12.5 Å². The summed E-state index contributed by atoms with van der Waals surface area (Å²) in [6.45, 7) is 3.72. The number of urea groups is 1. The zero-order chi connectivity index (χ0) is 17.0. The van der Waals surface area contributed by atoms with Gasteiger partial charge in [0.2, 0.25) is 5.91 Å². The topological polar surface area (TPSA) is 88.9 Å². The summed E-state index contributed by atoms with van der Waals surface area (Å²) in [7, 11) is 3.31. The standard InChI is InChI=1S/C15H19N5O2S/c1-9-7-5-6-8-11(9)12-18-19-15(20(12)4)23-10(2)13(21)17-14(22)16-3/h5-8,10H,1-4H3,(H2,16,17,21,22)/t10-/m1/s1. The van der Waals surface area contributed by atoms with Gasteiger partial charge in [0.25, 0.3) is 0 Å². The van der Waals surface area contributed by atoms with Crippen LogP contribution in [0.15, 0.2) is 29.4 Å². The first kappa shape index (κ1) is 17.0. The first-order chi connectivity index (χ1) is 10.9. The van der Waals surface area contributed by atoms with E-state index in [0.717, 1.165) is 17.0 Å². The van der Waals surface area contributed by atoms with Crippen molar-refractivity contribution in [2.75, 3.05) is 7.05 Å². The number of carbonyl (C=O) groups excluding carboxylic acids is 2. The summed E-state index contributed by atoms with van der Waals surface area (Å²) in [5.41, 5.74) is 2.10. The van der Waals surface area contributed by atoms with Crippen LogP contribution in [0.5, 0.6) is 0 Å². The van der Waals surface area contributed by atoms with Crippen LogP contribution in [0.4, 0.5) is 4.79 Å². The minimum atomic E-state index is -0.527. The van der Waals surface area contributed by atoms with Crippen molar-refractivity contribution in [3.8, 4) is 11.4 Å². The van der Waals surface area contributed by atoms with E-state index in [1.807, 2.05) is 42.8 Å². The quantitative estimate of drug-likeness (QED) is 0.832. The molecule has 0 saturated carbocycles. The molecule has 2 rings (SSSR count). The molecule has 23 heavy (non-hydrogen) atoms. The van der Waals surface area contributed by atoms with E-state index in [0.29, 0.717) is 5.16 Å². The number of benzene rings is 1. The van der Waals surface area contributed by atoms with Gasteiger partial charge in [-0.2, -0.15) is 0 Å². The molecule has 2 aromatic rings. The molecule has 0 aliphatic heterocycles. The van der Waals surface area contributed by atoms with E-state index in [1.165, 1.54) is 18.8 Å². The summed E-state index contributed by atoms with van der Waals surface area (Å²) in [5.74, 6) is 0.360. The van der Waals surface area contributed by atoms with E-state index in [4.69, 9.17) is 0 Å². The summed E-state index contributed by atoms with van der Waals surface area (Å²) in [5, 5.41) is 13.1. The number of rotatable bonds is 4. The van der Waals surface area contributed by atoms with Crippen LogP contribution in [0.2, 0.25) is 0 Å². The number of thioether (sulfide) groups is 1. The normalized spacial score (nSPS) is 11.8. The average molecular weight is 333 g/mol. The highest BCUT2D eigenvalue weighted by molar-refractivity contribution is 8.00. The molecule has 0 radical (unpaired) electrons. The van der Waals surface area contributed by atoms with Crippen molar-refractivity contribution in [2.45, 2.75) is 24.3 Å². The SMILES string of the molecule is CNC(=O)NC(=O)[C@@H](C)Sc1nnc(-c2ccccc2C)n1C. The van der Waals surface area contributed by atoms with Crippen molar-refractivity contribution >= 4 is 23.7 Å². The van der Waals surface area contributed by atoms with Gasteiger partial charge in [0.15, 0.2) is 11.0 Å². The highest BCUT2D eigenvalue weighted by Gasteiger charge is 2.20. The fourth-order valence-corrected chi connectivity index (χ4v) is 2.78. The number of nitrogens with one attached hydrogen (secondary N) is 2. The Labute approximate surface area is 138 Å². The van der Waals surface area contributed by atoms with Gasteiger partial charge in [-0.3, -0.25) is 10.1 Å². The molecule has 0 bridgehead atoms. The van der Waals surface area contributed by atoms with E-state index < -0.39 is 11.3 Å². The zero-order valence-corrected chi connectivity index (χ0v) is 14.3. The fraction of sp³-hybridized carbons (Fsp3) is 0.333. The van der Waals surface area contributed by atoms with Crippen molar-refractivity contribution in [3.05, 3.63) is 29.8 Å². The van der Waals surface area contributed by atoms with Gasteiger partial charge >= 0.3 is 6.03 Å². The fourth-order valence-electron chi connectivity index (χ4n) is 1.96. The number of carbonyl (C=O) groups is 2. The van der Waals surface area contributed by atoms with Gasteiger partial charge in [0.05, 0.1) is 5.25 Å². The number of amides is 3. The third kappa shape index (κ3) is 3.89. The number of hydrogen-bond acceptors (Lipinski definition) is 5. The molecular weight excluding hydrogens is 314 g/mol. The highest BCUT2D eigenvalue weighted by Crippen LogP contribution is 2.27. The number of nitrogens with zero attached hydrogens (tertiary/aromatic N) is 3. The third-order valence-corrected chi connectivity index (χ3v) is 4.47. The minimum absolute atomic E-state index is 0.380. The minimum Gasteiger partial charge on any atom is -0.341 e. The van der Waals surface area contributed by atoms with Crippen LogP contribution in [-0.2, 0) is 11.8 Å². The molecule has 2 N–H and O–H groups in total. The van der Waals surface area contributed by atoms with Gasteiger partial charge in [0.1, 0.15) is 0 Å².